The molecule has 0 aromatic heterocycles. The molecular formula is C24H22N2O6S. The Balaban J connectivity index is 1.33. The van der Waals surface area contributed by atoms with Gasteiger partial charge in [-0.3, -0.25) is 4.79 Å². The van der Waals surface area contributed by atoms with Crippen LogP contribution in [-0.4, -0.2) is 39.1 Å². The van der Waals surface area contributed by atoms with E-state index < -0.39 is 10.0 Å². The Morgan fingerprint density at radius 3 is 2.55 bits per heavy atom. The zero-order valence-electron chi connectivity index (χ0n) is 17.9. The lowest BCUT2D eigenvalue weighted by molar-refractivity contribution is 0.102. The molecule has 2 heterocycles. The lowest BCUT2D eigenvalue weighted by Gasteiger charge is -2.28. The Morgan fingerprint density at radius 1 is 0.970 bits per heavy atom. The molecule has 0 bridgehead atoms. The number of nitrogens with one attached hydrogen (secondary N) is 1. The van der Waals surface area contributed by atoms with Crippen LogP contribution in [0.15, 0.2) is 65.6 Å². The smallest absolute Gasteiger partial charge is 0.255 e. The highest BCUT2D eigenvalue weighted by Crippen LogP contribution is 2.33. The van der Waals surface area contributed by atoms with Crippen LogP contribution in [0.1, 0.15) is 21.5 Å². The van der Waals surface area contributed by atoms with Gasteiger partial charge in [0.1, 0.15) is 5.75 Å². The number of anilines is 1. The Kier molecular flexibility index (Phi) is 5.43. The molecule has 0 aliphatic carbocycles. The first-order valence-electron chi connectivity index (χ1n) is 10.4. The number of benzene rings is 3. The number of sulfonamides is 1. The largest absolute Gasteiger partial charge is 0.497 e. The lowest BCUT2D eigenvalue weighted by atomic mass is 10.0. The number of rotatable bonds is 5. The van der Waals surface area contributed by atoms with Gasteiger partial charge in [0, 0.05) is 24.3 Å². The highest BCUT2D eigenvalue weighted by atomic mass is 32.2. The number of carbonyl (C=O) groups is 1. The molecule has 2 aliphatic heterocycles. The van der Waals surface area contributed by atoms with Gasteiger partial charge in [-0.1, -0.05) is 6.07 Å². The van der Waals surface area contributed by atoms with Gasteiger partial charge in [0.25, 0.3) is 5.91 Å². The summed E-state index contributed by atoms with van der Waals surface area (Å²) < 4.78 is 43.5. The van der Waals surface area contributed by atoms with Crippen molar-refractivity contribution in [3.05, 3.63) is 77.4 Å². The highest BCUT2D eigenvalue weighted by Gasteiger charge is 2.28. The first kappa shape index (κ1) is 21.3. The molecule has 0 spiro atoms. The van der Waals surface area contributed by atoms with E-state index in [0.29, 0.717) is 41.5 Å². The van der Waals surface area contributed by atoms with Crippen molar-refractivity contribution in [3.63, 3.8) is 0 Å². The molecule has 0 atom stereocenters. The molecule has 0 unspecified atom stereocenters. The van der Waals surface area contributed by atoms with Crippen LogP contribution in [-0.2, 0) is 23.0 Å². The zero-order valence-corrected chi connectivity index (χ0v) is 18.7. The molecule has 0 saturated carbocycles. The summed E-state index contributed by atoms with van der Waals surface area (Å²) in [5.74, 6) is 1.46. The molecule has 33 heavy (non-hydrogen) atoms. The fourth-order valence-electron chi connectivity index (χ4n) is 3.95. The molecule has 1 amide bonds. The monoisotopic (exact) mass is 466 g/mol. The minimum absolute atomic E-state index is 0.140. The molecular weight excluding hydrogens is 444 g/mol. The van der Waals surface area contributed by atoms with E-state index in [4.69, 9.17) is 14.2 Å². The van der Waals surface area contributed by atoms with Crippen LogP contribution in [0.5, 0.6) is 17.2 Å². The number of hydrogen-bond acceptors (Lipinski definition) is 6. The number of hydrogen-bond donors (Lipinski definition) is 1. The molecule has 3 aromatic carbocycles. The summed E-state index contributed by atoms with van der Waals surface area (Å²) in [7, 11) is -2.11. The second-order valence-electron chi connectivity index (χ2n) is 7.77. The van der Waals surface area contributed by atoms with E-state index in [1.807, 2.05) is 18.2 Å². The fraction of sp³-hybridized carbons (Fsp3) is 0.208. The normalized spacial score (nSPS) is 15.1. The van der Waals surface area contributed by atoms with E-state index in [1.54, 1.807) is 42.5 Å². The van der Waals surface area contributed by atoms with Gasteiger partial charge in [-0.2, -0.15) is 4.31 Å². The third kappa shape index (κ3) is 4.12. The first-order valence-corrected chi connectivity index (χ1v) is 11.8. The minimum Gasteiger partial charge on any atom is -0.497 e. The summed E-state index contributed by atoms with van der Waals surface area (Å²) in [5.41, 5.74) is 2.97. The first-order chi connectivity index (χ1) is 15.9. The fourth-order valence-corrected chi connectivity index (χ4v) is 5.37. The summed E-state index contributed by atoms with van der Waals surface area (Å²) >= 11 is 0. The molecule has 8 nitrogen and oxygen atoms in total. The van der Waals surface area contributed by atoms with Crippen molar-refractivity contribution in [3.8, 4) is 17.2 Å². The maximum absolute atomic E-state index is 13.1. The van der Waals surface area contributed by atoms with Crippen LogP contribution in [0.25, 0.3) is 0 Å². The predicted molar refractivity (Wildman–Crippen MR) is 121 cm³/mol. The van der Waals surface area contributed by atoms with E-state index in [2.05, 4.69) is 5.32 Å². The zero-order chi connectivity index (χ0) is 23.0. The predicted octanol–water partition coefficient (Wildman–Crippen LogP) is 3.42. The molecule has 5 rings (SSSR count). The van der Waals surface area contributed by atoms with Crippen LogP contribution in [0.4, 0.5) is 5.69 Å². The molecule has 1 N–H and O–H groups in total. The molecule has 3 aromatic rings. The van der Waals surface area contributed by atoms with Crippen LogP contribution in [0.2, 0.25) is 0 Å². The SMILES string of the molecule is COc1ccc(S(=O)(=O)N2CCc3ccc(NC(=O)c4ccc5c(c4)OCO5)cc3C2)cc1. The molecule has 0 fully saturated rings. The summed E-state index contributed by atoms with van der Waals surface area (Å²) in [4.78, 5) is 12.9. The number of amides is 1. The number of fused-ring (bicyclic) bond motifs is 2. The lowest BCUT2D eigenvalue weighted by Crippen LogP contribution is -2.36. The van der Waals surface area contributed by atoms with Gasteiger partial charge < -0.3 is 19.5 Å². The molecule has 2 aliphatic rings. The third-order valence-corrected chi connectivity index (χ3v) is 7.63. The number of carbonyl (C=O) groups excluding carboxylic acids is 1. The van der Waals surface area contributed by atoms with Crippen LogP contribution < -0.4 is 19.5 Å². The van der Waals surface area contributed by atoms with Crippen molar-refractivity contribution < 1.29 is 27.4 Å². The van der Waals surface area contributed by atoms with Crippen molar-refractivity contribution in [1.29, 1.82) is 0 Å². The second kappa shape index (κ2) is 8.42. The van der Waals surface area contributed by atoms with Crippen molar-refractivity contribution in [2.45, 2.75) is 17.9 Å². The average Bonchev–Trinajstić information content (AvgIpc) is 3.31. The van der Waals surface area contributed by atoms with Gasteiger partial charge in [-0.25, -0.2) is 8.42 Å². The quantitative estimate of drug-likeness (QED) is 0.619. The summed E-state index contributed by atoms with van der Waals surface area (Å²) in [6.45, 7) is 0.767. The van der Waals surface area contributed by atoms with Crippen molar-refractivity contribution in [1.82, 2.24) is 4.31 Å². The summed E-state index contributed by atoms with van der Waals surface area (Å²) in [5, 5.41) is 2.88. The average molecular weight is 467 g/mol. The number of methoxy groups -OCH3 is 1. The number of ether oxygens (including phenoxy) is 3. The Hall–Kier alpha value is -3.56. The van der Waals surface area contributed by atoms with Gasteiger partial charge in [0.2, 0.25) is 16.8 Å². The van der Waals surface area contributed by atoms with Crippen molar-refractivity contribution in [2.24, 2.45) is 0 Å². The third-order valence-electron chi connectivity index (χ3n) is 5.77. The topological polar surface area (TPSA) is 94.2 Å². The van der Waals surface area contributed by atoms with Crippen LogP contribution in [0, 0.1) is 0 Å². The molecule has 9 heteroatoms. The van der Waals surface area contributed by atoms with Gasteiger partial charge in [0.15, 0.2) is 11.5 Å². The molecule has 0 saturated heterocycles. The van der Waals surface area contributed by atoms with Crippen molar-refractivity contribution in [2.75, 3.05) is 25.8 Å². The Morgan fingerprint density at radius 2 is 1.76 bits per heavy atom. The van der Waals surface area contributed by atoms with E-state index in [0.717, 1.165) is 11.1 Å². The number of nitrogens with zero attached hydrogens (tertiary/aromatic N) is 1. The standard InChI is InChI=1S/C24H22N2O6S/c1-30-20-5-7-21(8-6-20)33(28,29)26-11-10-16-2-4-19(12-18(16)14-26)25-24(27)17-3-9-22-23(13-17)32-15-31-22/h2-9,12-13H,10-11,14-15H2,1H3,(H,25,27). The van der Waals surface area contributed by atoms with Crippen LogP contribution >= 0.6 is 0 Å². The van der Waals surface area contributed by atoms with E-state index in [-0.39, 0.29) is 24.1 Å². The van der Waals surface area contributed by atoms with Crippen LogP contribution in [0.3, 0.4) is 0 Å². The van der Waals surface area contributed by atoms with E-state index in [9.17, 15) is 13.2 Å². The Labute approximate surface area is 191 Å². The van der Waals surface area contributed by atoms with Gasteiger partial charge in [0.05, 0.1) is 12.0 Å². The van der Waals surface area contributed by atoms with Gasteiger partial charge in [-0.15, -0.1) is 0 Å². The molecule has 0 radical (unpaired) electrons. The second-order valence-corrected chi connectivity index (χ2v) is 9.71. The van der Waals surface area contributed by atoms with E-state index in [1.165, 1.54) is 11.4 Å². The Bertz CT molecular complexity index is 1320. The summed E-state index contributed by atoms with van der Waals surface area (Å²) in [6.07, 6.45) is 0.598. The maximum Gasteiger partial charge on any atom is 0.255 e. The van der Waals surface area contributed by atoms with E-state index >= 15 is 0 Å². The van der Waals surface area contributed by atoms with Gasteiger partial charge in [-0.05, 0) is 72.1 Å². The highest BCUT2D eigenvalue weighted by molar-refractivity contribution is 7.89. The minimum atomic E-state index is -3.65. The maximum atomic E-state index is 13.1. The van der Waals surface area contributed by atoms with Crippen molar-refractivity contribution >= 4 is 21.6 Å². The molecule has 170 valence electrons. The summed E-state index contributed by atoms with van der Waals surface area (Å²) in [6, 6.07) is 17.0. The van der Waals surface area contributed by atoms with Gasteiger partial charge >= 0.3 is 0 Å².